The van der Waals surface area contributed by atoms with Crippen LogP contribution in [0.2, 0.25) is 0 Å². The second-order valence-corrected chi connectivity index (χ2v) is 4.45. The summed E-state index contributed by atoms with van der Waals surface area (Å²) in [5.74, 6) is -1.91. The summed E-state index contributed by atoms with van der Waals surface area (Å²) in [5.41, 5.74) is 6.92. The lowest BCUT2D eigenvalue weighted by Crippen LogP contribution is -2.39. The van der Waals surface area contributed by atoms with Gasteiger partial charge in [0.05, 0.1) is 6.04 Å². The van der Waals surface area contributed by atoms with E-state index in [4.69, 9.17) is 15.5 Å². The molecule has 0 bridgehead atoms. The summed E-state index contributed by atoms with van der Waals surface area (Å²) >= 11 is 0. The summed E-state index contributed by atoms with van der Waals surface area (Å²) in [7, 11) is -4.27. The fourth-order valence-electron chi connectivity index (χ4n) is 0.415. The van der Waals surface area contributed by atoms with E-state index in [1.54, 1.807) is 0 Å². The van der Waals surface area contributed by atoms with Gasteiger partial charge in [0.25, 0.3) is 0 Å². The Bertz CT molecular complexity index is 211. The van der Waals surface area contributed by atoms with Crippen molar-refractivity contribution in [3.8, 4) is 0 Å². The first kappa shape index (κ1) is 11.6. The molecule has 2 unspecified atom stereocenters. The molecule has 2 atom stereocenters. The molecule has 0 aliphatic carbocycles. The van der Waals surface area contributed by atoms with Gasteiger partial charge in [-0.05, 0) is 13.8 Å². The molecule has 0 fully saturated rings. The van der Waals surface area contributed by atoms with Gasteiger partial charge in [-0.3, -0.25) is 9.36 Å². The summed E-state index contributed by atoms with van der Waals surface area (Å²) in [6, 6.07) is -1.01. The molecule has 1 amide bonds. The Morgan fingerprint density at radius 3 is 2.17 bits per heavy atom. The van der Waals surface area contributed by atoms with Crippen LogP contribution in [-0.4, -0.2) is 27.5 Å². The molecule has 0 aliphatic rings. The Kier molecular flexibility index (Phi) is 3.86. The molecule has 0 aromatic heterocycles. The van der Waals surface area contributed by atoms with Crippen molar-refractivity contribution in [1.82, 2.24) is 11.1 Å². The maximum atomic E-state index is 10.8. The molecular formula is C5H12N2O4P. The smallest absolute Gasteiger partial charge is 0.341 e. The third kappa shape index (κ3) is 3.82. The number of carbonyl (C=O) groups is 1. The van der Waals surface area contributed by atoms with Crippen LogP contribution >= 0.6 is 7.60 Å². The highest BCUT2D eigenvalue weighted by Crippen LogP contribution is 2.38. The molecule has 1 radical (unpaired) electrons. The molecule has 0 spiro atoms. The fourth-order valence-corrected chi connectivity index (χ4v) is 0.710. The van der Waals surface area contributed by atoms with Gasteiger partial charge in [-0.25, -0.2) is 5.73 Å². The lowest BCUT2D eigenvalue weighted by Gasteiger charge is -2.15. The zero-order valence-corrected chi connectivity index (χ0v) is 7.71. The average Bonchev–Trinajstić information content (AvgIpc) is 1.85. The van der Waals surface area contributed by atoms with Crippen molar-refractivity contribution >= 4 is 13.5 Å². The van der Waals surface area contributed by atoms with Gasteiger partial charge in [0, 0.05) is 0 Å². The molecule has 0 aromatic rings. The van der Waals surface area contributed by atoms with E-state index < -0.39 is 25.3 Å². The van der Waals surface area contributed by atoms with Crippen LogP contribution in [0, 0.1) is 0 Å². The first-order valence-corrected chi connectivity index (χ1v) is 5.00. The Balaban J connectivity index is 4.11. The van der Waals surface area contributed by atoms with Crippen molar-refractivity contribution in [3.63, 3.8) is 0 Å². The molecular weight excluding hydrogens is 183 g/mol. The van der Waals surface area contributed by atoms with Crippen molar-refractivity contribution in [3.05, 3.63) is 0 Å². The van der Waals surface area contributed by atoms with E-state index >= 15 is 0 Å². The van der Waals surface area contributed by atoms with Crippen LogP contribution in [0.5, 0.6) is 0 Å². The van der Waals surface area contributed by atoms with Crippen molar-refractivity contribution in [2.75, 3.05) is 0 Å². The van der Waals surface area contributed by atoms with Gasteiger partial charge in [-0.15, -0.1) is 0 Å². The van der Waals surface area contributed by atoms with E-state index in [9.17, 15) is 9.36 Å². The van der Waals surface area contributed by atoms with E-state index in [-0.39, 0.29) is 0 Å². The second kappa shape index (κ2) is 4.00. The second-order valence-electron chi connectivity index (χ2n) is 2.50. The molecule has 4 N–H and O–H groups in total. The summed E-state index contributed by atoms with van der Waals surface area (Å²) < 4.78 is 10.5. The molecule has 0 rings (SSSR count). The first-order valence-electron chi connectivity index (χ1n) is 3.32. The van der Waals surface area contributed by atoms with Crippen LogP contribution in [0.15, 0.2) is 0 Å². The van der Waals surface area contributed by atoms with Crippen molar-refractivity contribution < 1.29 is 19.1 Å². The number of nitrogens with one attached hydrogen (secondary N) is 2. The van der Waals surface area contributed by atoms with Gasteiger partial charge in [-0.2, -0.15) is 0 Å². The zero-order chi connectivity index (χ0) is 9.94. The summed E-state index contributed by atoms with van der Waals surface area (Å²) in [6.45, 7) is 2.52. The van der Waals surface area contributed by atoms with E-state index in [1.165, 1.54) is 13.8 Å². The van der Waals surface area contributed by atoms with E-state index in [1.807, 2.05) is 5.32 Å². The molecule has 0 saturated carbocycles. The largest absolute Gasteiger partial charge is 0.347 e. The van der Waals surface area contributed by atoms with Crippen LogP contribution in [0.3, 0.4) is 0 Å². The number of amides is 1. The van der Waals surface area contributed by atoms with Gasteiger partial charge in [-0.1, -0.05) is 0 Å². The van der Waals surface area contributed by atoms with Gasteiger partial charge >= 0.3 is 7.60 Å². The lowest BCUT2D eigenvalue weighted by atomic mass is 10.3. The van der Waals surface area contributed by atoms with Crippen molar-refractivity contribution in [1.29, 1.82) is 0 Å². The molecule has 6 nitrogen and oxygen atoms in total. The van der Waals surface area contributed by atoms with Crippen LogP contribution in [0.1, 0.15) is 13.8 Å². The minimum atomic E-state index is -4.27. The van der Waals surface area contributed by atoms with Gasteiger partial charge in [0.2, 0.25) is 5.91 Å². The van der Waals surface area contributed by atoms with Crippen LogP contribution in [0.25, 0.3) is 0 Å². The number of hydrogen-bond acceptors (Lipinski definition) is 2. The molecule has 0 aromatic carbocycles. The predicted octanol–water partition coefficient (Wildman–Crippen LogP) is -0.702. The van der Waals surface area contributed by atoms with Gasteiger partial charge in [0.1, 0.15) is 5.78 Å². The lowest BCUT2D eigenvalue weighted by molar-refractivity contribution is -0.122. The predicted molar refractivity (Wildman–Crippen MR) is 42.2 cm³/mol. The Labute approximate surface area is 70.3 Å². The number of hydrogen-bond donors (Lipinski definition) is 3. The summed E-state index contributed by atoms with van der Waals surface area (Å²) in [5, 5.41) is 2.03. The minimum Gasteiger partial charge on any atom is -0.341 e. The summed E-state index contributed by atoms with van der Waals surface area (Å²) in [4.78, 5) is 27.9. The zero-order valence-electron chi connectivity index (χ0n) is 6.81. The Morgan fingerprint density at radius 2 is 1.92 bits per heavy atom. The highest BCUT2D eigenvalue weighted by atomic mass is 31.2. The van der Waals surface area contributed by atoms with Crippen LogP contribution < -0.4 is 11.1 Å². The molecule has 7 heteroatoms. The topological polar surface area (TPSA) is 110 Å². The summed E-state index contributed by atoms with van der Waals surface area (Å²) in [6.07, 6.45) is 0. The highest BCUT2D eigenvalue weighted by molar-refractivity contribution is 7.52. The van der Waals surface area contributed by atoms with Gasteiger partial charge < -0.3 is 15.1 Å². The number of carbonyl (C=O) groups excluding carboxylic acids is 1. The van der Waals surface area contributed by atoms with Crippen molar-refractivity contribution in [2.45, 2.75) is 25.7 Å². The highest BCUT2D eigenvalue weighted by Gasteiger charge is 2.26. The molecule has 71 valence electrons. The third-order valence-corrected chi connectivity index (χ3v) is 2.39. The first-order chi connectivity index (χ1) is 5.25. The molecule has 0 saturated heterocycles. The standard InChI is InChI=1S/C5H12N2O4P/c1-3(6)5(8)7-4(2)12(9,10)11/h3-4,6H,1-2H3,(H,7,8)(H2,9,10,11). The average molecular weight is 195 g/mol. The number of rotatable bonds is 3. The SMILES string of the molecule is CC([NH])C(=O)NC(C)P(=O)(O)O. The third-order valence-electron chi connectivity index (χ3n) is 1.25. The van der Waals surface area contributed by atoms with E-state index in [2.05, 4.69) is 0 Å². The Hall–Kier alpha value is -0.420. The maximum absolute atomic E-state index is 10.8. The molecule has 0 aliphatic heterocycles. The fraction of sp³-hybridized carbons (Fsp3) is 0.800. The molecule has 12 heavy (non-hydrogen) atoms. The minimum absolute atomic E-state index is 0.689. The van der Waals surface area contributed by atoms with Crippen molar-refractivity contribution in [2.24, 2.45) is 0 Å². The van der Waals surface area contributed by atoms with Gasteiger partial charge in [0.15, 0.2) is 0 Å². The Morgan fingerprint density at radius 1 is 1.50 bits per heavy atom. The quantitative estimate of drug-likeness (QED) is 0.517. The maximum Gasteiger partial charge on any atom is 0.347 e. The molecule has 0 heterocycles. The normalized spacial score (nSPS) is 16.8. The van der Waals surface area contributed by atoms with Crippen LogP contribution in [-0.2, 0) is 9.36 Å². The monoisotopic (exact) mass is 195 g/mol. The van der Waals surface area contributed by atoms with E-state index in [0.717, 1.165) is 0 Å². The van der Waals surface area contributed by atoms with Crippen LogP contribution in [0.4, 0.5) is 0 Å². The van der Waals surface area contributed by atoms with E-state index in [0.29, 0.717) is 0 Å².